The second-order valence-electron chi connectivity index (χ2n) is 38.0. The topological polar surface area (TPSA) is 40.5 Å². The Labute approximate surface area is 427 Å². The minimum Gasteiger partial charge on any atom is -0.478 e. The Morgan fingerprint density at radius 3 is 1.05 bits per heavy atom. The number of rotatable bonds is 2. The van der Waals surface area contributed by atoms with E-state index >= 15 is 0 Å². The minimum absolute atomic E-state index is 0.402. The summed E-state index contributed by atoms with van der Waals surface area (Å²) in [6.45, 7) is 1.44. The molecule has 0 amide bonds. The third-order valence-electron chi connectivity index (χ3n) is 42.8. The smallest absolute Gasteiger partial charge is 0.335 e. The van der Waals surface area contributed by atoms with Crippen LogP contribution in [0.15, 0.2) is 35.4 Å². The maximum atomic E-state index is 12.8. The van der Waals surface area contributed by atoms with Crippen molar-refractivity contribution in [1.82, 2.24) is 4.90 Å². The van der Waals surface area contributed by atoms with Gasteiger partial charge in [-0.05, 0) is 356 Å². The molecule has 31 fully saturated rings. The van der Waals surface area contributed by atoms with Gasteiger partial charge in [-0.15, -0.1) is 0 Å². The van der Waals surface area contributed by atoms with Crippen LogP contribution >= 0.6 is 0 Å². The molecule has 32 aliphatic carbocycles. The van der Waals surface area contributed by atoms with Gasteiger partial charge in [0.05, 0.1) is 5.56 Å². The zero-order chi connectivity index (χ0) is 43.9. The van der Waals surface area contributed by atoms with Gasteiger partial charge < -0.3 is 5.11 Å². The largest absolute Gasteiger partial charge is 0.478 e. The van der Waals surface area contributed by atoms with Gasteiger partial charge in [0.2, 0.25) is 0 Å². The zero-order valence-corrected chi connectivity index (χ0v) is 41.7. The molecule has 59 unspecified atom stereocenters. The van der Waals surface area contributed by atoms with Crippen molar-refractivity contribution in [2.24, 2.45) is 342 Å². The molecule has 1 heterocycles. The normalized spacial score (nSPS) is 92.9. The third-order valence-corrected chi connectivity index (χ3v) is 42.8. The summed E-state index contributed by atoms with van der Waals surface area (Å²) in [5, 5.41) is 10.6. The SMILES string of the molecule is CN1CC23C4=C5C6C7C8C4C4C9C8C8C%10C7C7C6C6C%11C5C2C2C5C%11C%11C6C6C7C7C%10C%10C8C8C%12C%13C%10C%10C7C6C6C%11C7C%11C6C%10C%13C6C%11C%10C(C75)C2C2C5C%10C6C%12C(C89)C5C4C23C1c1ccc(C(=O)O)cc1. The average molecular weight is 954 g/mol. The highest BCUT2D eigenvalue weighted by molar-refractivity contribution is 5.87. The molecular weight excluding hydrogens is 887 g/mol. The lowest BCUT2D eigenvalue weighted by atomic mass is 9.31. The lowest BCUT2D eigenvalue weighted by Crippen LogP contribution is -2.70. The summed E-state index contributed by atoms with van der Waals surface area (Å²) in [4.78, 5) is 16.1. The molecule has 1 aromatic rings. The summed E-state index contributed by atoms with van der Waals surface area (Å²) in [5.41, 5.74) is 7.98. The van der Waals surface area contributed by atoms with E-state index in [9.17, 15) is 9.90 Å². The van der Waals surface area contributed by atoms with E-state index in [0.29, 0.717) is 22.4 Å². The van der Waals surface area contributed by atoms with E-state index in [1.165, 1.54) is 214 Å². The number of aromatic carboxylic acids is 1. The molecule has 1 N–H and O–H groups in total. The molecule has 34 rings (SSSR count). The van der Waals surface area contributed by atoms with Crippen LogP contribution in [0.5, 0.6) is 0 Å². The molecule has 1 aliphatic heterocycles. The molecule has 0 bridgehead atoms. The van der Waals surface area contributed by atoms with Gasteiger partial charge in [-0.1, -0.05) is 23.3 Å². The number of likely N-dealkylation sites (tertiary alicyclic amines) is 1. The van der Waals surface area contributed by atoms with E-state index in [2.05, 4.69) is 47.4 Å². The monoisotopic (exact) mass is 954 g/mol. The second kappa shape index (κ2) is 8.11. The maximum absolute atomic E-state index is 12.8. The van der Waals surface area contributed by atoms with E-state index in [0.717, 1.165) is 124 Å². The number of nitrogens with zero attached hydrogens (tertiary/aromatic N) is 1. The lowest BCUT2D eigenvalue weighted by Gasteiger charge is -2.72. The first kappa shape index (κ1) is 33.1. The number of hydrogen-bond donors (Lipinski definition) is 1. The predicted molar refractivity (Wildman–Crippen MR) is 256 cm³/mol. The fraction of sp³-hybridized carbons (Fsp3) is 0.871. The van der Waals surface area contributed by atoms with Gasteiger partial charge in [0.25, 0.3) is 0 Å². The van der Waals surface area contributed by atoms with Gasteiger partial charge in [-0.2, -0.15) is 0 Å². The molecule has 30 saturated carbocycles. The Morgan fingerprint density at radius 1 is 0.370 bits per heavy atom. The van der Waals surface area contributed by atoms with Crippen LogP contribution in [0.4, 0.5) is 0 Å². The first-order chi connectivity index (χ1) is 36.2. The predicted octanol–water partition coefficient (Wildman–Crippen LogP) is 8.57. The van der Waals surface area contributed by atoms with Crippen LogP contribution < -0.4 is 0 Å². The summed E-state index contributed by atoms with van der Waals surface area (Å²) in [6.07, 6.45) is 0. The zero-order valence-electron chi connectivity index (χ0n) is 41.7. The number of benzene rings is 1. The molecule has 59 atom stereocenters. The summed E-state index contributed by atoms with van der Waals surface area (Å²) in [5.74, 6) is 64.6. The van der Waals surface area contributed by atoms with Gasteiger partial charge in [0.15, 0.2) is 0 Å². The second-order valence-corrected chi connectivity index (χ2v) is 38.0. The van der Waals surface area contributed by atoms with Gasteiger partial charge in [0.1, 0.15) is 0 Å². The van der Waals surface area contributed by atoms with Crippen LogP contribution in [0.2, 0.25) is 0 Å². The van der Waals surface area contributed by atoms with E-state index in [1.807, 2.05) is 0 Å². The number of carbonyl (C=O) groups is 1. The van der Waals surface area contributed by atoms with Crippen LogP contribution in [-0.2, 0) is 0 Å². The highest BCUT2D eigenvalue weighted by atomic mass is 16.4. The Hall–Kier alpha value is -1.61. The van der Waals surface area contributed by atoms with Gasteiger partial charge in [0, 0.05) is 23.4 Å². The highest BCUT2D eigenvalue weighted by Gasteiger charge is 3.05. The molecule has 0 radical (unpaired) electrons. The molecule has 0 aromatic heterocycles. The quantitative estimate of drug-likeness (QED) is 0.303. The van der Waals surface area contributed by atoms with Crippen molar-refractivity contribution in [3.63, 3.8) is 0 Å². The first-order valence-corrected chi connectivity index (χ1v) is 33.9. The van der Waals surface area contributed by atoms with Crippen molar-refractivity contribution < 1.29 is 9.90 Å². The van der Waals surface area contributed by atoms with Crippen molar-refractivity contribution in [2.45, 2.75) is 6.04 Å². The van der Waals surface area contributed by atoms with Crippen LogP contribution in [0.1, 0.15) is 22.0 Å². The van der Waals surface area contributed by atoms with Crippen molar-refractivity contribution in [3.8, 4) is 0 Å². The van der Waals surface area contributed by atoms with Gasteiger partial charge >= 0.3 is 5.97 Å². The molecule has 364 valence electrons. The molecule has 1 aromatic carbocycles. The Balaban J connectivity index is 0.846. The first-order valence-electron chi connectivity index (χ1n) is 33.9. The highest BCUT2D eigenvalue weighted by Crippen LogP contribution is 3.08. The van der Waals surface area contributed by atoms with Gasteiger partial charge in [-0.3, -0.25) is 4.90 Å². The summed E-state index contributed by atoms with van der Waals surface area (Å²) in [7, 11) is 2.78. The summed E-state index contributed by atoms with van der Waals surface area (Å²) < 4.78 is 0. The van der Waals surface area contributed by atoms with E-state index in [4.69, 9.17) is 0 Å². The van der Waals surface area contributed by atoms with Crippen LogP contribution in [-0.4, -0.2) is 29.6 Å². The Bertz CT molecular complexity index is 3510. The lowest BCUT2D eigenvalue weighted by molar-refractivity contribution is -0.232. The van der Waals surface area contributed by atoms with E-state index in [1.54, 1.807) is 5.56 Å². The van der Waals surface area contributed by atoms with Crippen molar-refractivity contribution in [3.05, 3.63) is 46.5 Å². The van der Waals surface area contributed by atoms with E-state index in [-0.39, 0.29) is 0 Å². The molecule has 33 aliphatic rings. The number of carboxylic acids is 1. The van der Waals surface area contributed by atoms with Crippen LogP contribution in [0, 0.1) is 342 Å². The fourth-order valence-corrected chi connectivity index (χ4v) is 48.7. The van der Waals surface area contributed by atoms with Crippen molar-refractivity contribution in [1.29, 1.82) is 0 Å². The van der Waals surface area contributed by atoms with Gasteiger partial charge in [-0.25, -0.2) is 4.79 Å². The Kier molecular flexibility index (Phi) is 3.68. The minimum atomic E-state index is -0.707. The van der Waals surface area contributed by atoms with E-state index < -0.39 is 5.97 Å². The fourth-order valence-electron chi connectivity index (χ4n) is 48.7. The number of allylic oxidation sites excluding steroid dienone is 1. The number of carboxylic acid groups (broad SMARTS) is 1. The summed E-state index contributed by atoms with van der Waals surface area (Å²) >= 11 is 0. The molecule has 2 spiro atoms. The Morgan fingerprint density at radius 2 is 0.658 bits per heavy atom. The van der Waals surface area contributed by atoms with Crippen LogP contribution in [0.25, 0.3) is 0 Å². The average Bonchev–Trinajstić information content (AvgIpc) is 3.29. The maximum Gasteiger partial charge on any atom is 0.335 e. The van der Waals surface area contributed by atoms with Crippen molar-refractivity contribution in [2.75, 3.05) is 13.6 Å². The molecular formula is C70H67NO2. The summed E-state index contributed by atoms with van der Waals surface area (Å²) in [6, 6.07) is 9.87. The third kappa shape index (κ3) is 2.01. The molecule has 1 saturated heterocycles. The van der Waals surface area contributed by atoms with Crippen molar-refractivity contribution >= 4 is 5.97 Å². The number of hydrogen-bond acceptors (Lipinski definition) is 2. The molecule has 3 nitrogen and oxygen atoms in total. The van der Waals surface area contributed by atoms with Crippen LogP contribution in [0.3, 0.4) is 0 Å². The molecule has 3 heteroatoms. The standard InChI is InChI=1S/C70H67NO2/c1-71-6-69-63-55-47-37-27-19-11-9-10-13-17-15(11)23-31-25(17)35-29-21(13)22-14(10)18-16-12(9)20(19)28-34-24(16)32-26(18)36-30(22)40-39(29)51-45(35)53-43(31)49(41(47)33(23)27)57(63)59(53)65-61(51)62-52(40)46(36)54-44(32)50-42(34)48(38(28)37)56(55)64(69)58(50)60(54)66(62)70(65,69)67(71)7-2-4-8(5-3-7)68(72)73/h2-5,9-55,57-63,65-67H,6H2,1H3,(H,72,73). The molecule has 73 heavy (non-hydrogen) atoms.